The molecule has 1 aliphatic heterocycles. The summed E-state index contributed by atoms with van der Waals surface area (Å²) in [5.74, 6) is 1.63. The zero-order chi connectivity index (χ0) is 14.8. The van der Waals surface area contributed by atoms with E-state index in [0.29, 0.717) is 12.0 Å². The lowest BCUT2D eigenvalue weighted by Gasteiger charge is -2.34. The van der Waals surface area contributed by atoms with Crippen molar-refractivity contribution in [2.45, 2.75) is 71.9 Å². The van der Waals surface area contributed by atoms with Crippen molar-refractivity contribution in [2.24, 2.45) is 5.92 Å². The van der Waals surface area contributed by atoms with E-state index in [1.54, 1.807) is 4.90 Å². The predicted octanol–water partition coefficient (Wildman–Crippen LogP) is 1.58. The lowest BCUT2D eigenvalue weighted by molar-refractivity contribution is -0.940. The van der Waals surface area contributed by atoms with Gasteiger partial charge in [-0.2, -0.15) is 0 Å². The van der Waals surface area contributed by atoms with E-state index in [1.165, 1.54) is 32.4 Å². The highest BCUT2D eigenvalue weighted by molar-refractivity contribution is 4.94. The molecule has 0 unspecified atom stereocenters. The lowest BCUT2D eigenvalue weighted by atomic mass is 9.96. The number of piperidine rings is 1. The highest BCUT2D eigenvalue weighted by atomic mass is 15.6. The van der Waals surface area contributed by atoms with Crippen LogP contribution in [0.4, 0.5) is 0 Å². The summed E-state index contributed by atoms with van der Waals surface area (Å²) in [5, 5.41) is 12.7. The minimum Gasteiger partial charge on any atom is -0.326 e. The Bertz CT molecular complexity index is 418. The highest BCUT2D eigenvalue weighted by Gasteiger charge is 2.36. The van der Waals surface area contributed by atoms with Crippen LogP contribution in [-0.4, -0.2) is 33.3 Å². The van der Waals surface area contributed by atoms with E-state index in [0.717, 1.165) is 12.2 Å². The number of hydrogen-bond acceptors (Lipinski definition) is 3. The van der Waals surface area contributed by atoms with Crippen LogP contribution in [0.2, 0.25) is 0 Å². The minimum absolute atomic E-state index is 0.0127. The maximum absolute atomic E-state index is 4.41. The van der Waals surface area contributed by atoms with Crippen molar-refractivity contribution in [3.63, 3.8) is 0 Å². The summed E-state index contributed by atoms with van der Waals surface area (Å²) in [4.78, 5) is 1.66. The molecule has 20 heavy (non-hydrogen) atoms. The fraction of sp³-hybridized carbons (Fsp3) is 0.933. The van der Waals surface area contributed by atoms with Crippen LogP contribution in [0.15, 0.2) is 0 Å². The van der Waals surface area contributed by atoms with E-state index in [-0.39, 0.29) is 5.54 Å². The SMILES string of the molecule is CCC(C)(C)n1nnnc1[C@@H](C(C)C)[NH+]1CCCCC1. The summed E-state index contributed by atoms with van der Waals surface area (Å²) in [6, 6.07) is 0.413. The third-order valence-corrected chi connectivity index (χ3v) is 4.81. The molecule has 114 valence electrons. The number of tetrazole rings is 1. The van der Waals surface area contributed by atoms with Crippen LogP contribution in [0, 0.1) is 5.92 Å². The standard InChI is InChI=1S/C15H29N5/c1-6-15(4,5)20-14(16-17-18-20)13(12(2)3)19-10-8-7-9-11-19/h12-13H,6-11H2,1-5H3/p+1/t13-/m1/s1. The van der Waals surface area contributed by atoms with Gasteiger partial charge in [0.2, 0.25) is 5.82 Å². The molecular formula is C15H30N5+. The van der Waals surface area contributed by atoms with E-state index in [9.17, 15) is 0 Å². The summed E-state index contributed by atoms with van der Waals surface area (Å²) in [7, 11) is 0. The van der Waals surface area contributed by atoms with Gasteiger partial charge in [-0.1, -0.05) is 20.8 Å². The van der Waals surface area contributed by atoms with Crippen LogP contribution in [0.25, 0.3) is 0 Å². The minimum atomic E-state index is -0.0127. The first-order valence-electron chi connectivity index (χ1n) is 8.10. The first-order valence-corrected chi connectivity index (χ1v) is 8.10. The molecule has 1 fully saturated rings. The van der Waals surface area contributed by atoms with Crippen LogP contribution in [0.5, 0.6) is 0 Å². The summed E-state index contributed by atoms with van der Waals surface area (Å²) < 4.78 is 2.07. The highest BCUT2D eigenvalue weighted by Crippen LogP contribution is 2.24. The molecule has 1 saturated heterocycles. The van der Waals surface area contributed by atoms with Crippen LogP contribution in [0.1, 0.15) is 72.2 Å². The summed E-state index contributed by atoms with van der Waals surface area (Å²) in [6.07, 6.45) is 5.07. The van der Waals surface area contributed by atoms with Crippen LogP contribution >= 0.6 is 0 Å². The van der Waals surface area contributed by atoms with Gasteiger partial charge in [-0.05, 0) is 50.0 Å². The van der Waals surface area contributed by atoms with Crippen LogP contribution in [0.3, 0.4) is 0 Å². The second-order valence-electron chi connectivity index (χ2n) is 7.06. The van der Waals surface area contributed by atoms with Gasteiger partial charge < -0.3 is 4.90 Å². The molecule has 2 heterocycles. The van der Waals surface area contributed by atoms with E-state index in [4.69, 9.17) is 0 Å². The molecule has 0 aromatic carbocycles. The van der Waals surface area contributed by atoms with Gasteiger partial charge in [-0.25, -0.2) is 4.68 Å². The van der Waals surface area contributed by atoms with Crippen molar-refractivity contribution in [1.82, 2.24) is 20.2 Å². The Hall–Kier alpha value is -0.970. The number of quaternary nitrogens is 1. The van der Waals surface area contributed by atoms with Crippen LogP contribution in [-0.2, 0) is 5.54 Å². The van der Waals surface area contributed by atoms with Gasteiger partial charge in [0, 0.05) is 5.92 Å². The number of nitrogens with one attached hydrogen (secondary N) is 1. The summed E-state index contributed by atoms with van der Waals surface area (Å²) in [6.45, 7) is 13.7. The molecular weight excluding hydrogens is 250 g/mol. The molecule has 1 aromatic heterocycles. The van der Waals surface area contributed by atoms with Gasteiger partial charge in [0.05, 0.1) is 18.6 Å². The number of likely N-dealkylation sites (tertiary alicyclic amines) is 1. The second kappa shape index (κ2) is 6.20. The Labute approximate surface area is 122 Å². The molecule has 1 atom stereocenters. The topological polar surface area (TPSA) is 48.0 Å². The van der Waals surface area contributed by atoms with E-state index < -0.39 is 0 Å². The zero-order valence-corrected chi connectivity index (χ0v) is 13.7. The molecule has 0 spiro atoms. The molecule has 0 aliphatic carbocycles. The Morgan fingerprint density at radius 3 is 2.40 bits per heavy atom. The van der Waals surface area contributed by atoms with Gasteiger partial charge in [0.1, 0.15) is 0 Å². The molecule has 0 bridgehead atoms. The van der Waals surface area contributed by atoms with Gasteiger partial charge in [0.15, 0.2) is 6.04 Å². The van der Waals surface area contributed by atoms with Crippen molar-refractivity contribution in [2.75, 3.05) is 13.1 Å². The molecule has 1 N–H and O–H groups in total. The largest absolute Gasteiger partial charge is 0.326 e. The molecule has 0 radical (unpaired) electrons. The number of hydrogen-bond donors (Lipinski definition) is 1. The first-order chi connectivity index (χ1) is 9.47. The van der Waals surface area contributed by atoms with E-state index in [2.05, 4.69) is 54.8 Å². The van der Waals surface area contributed by atoms with Crippen molar-refractivity contribution >= 4 is 0 Å². The molecule has 5 nitrogen and oxygen atoms in total. The fourth-order valence-corrected chi connectivity index (χ4v) is 3.24. The average molecular weight is 280 g/mol. The maximum Gasteiger partial charge on any atom is 0.210 e. The quantitative estimate of drug-likeness (QED) is 0.891. The maximum atomic E-state index is 4.41. The molecule has 2 rings (SSSR count). The first kappa shape index (κ1) is 15.4. The number of nitrogens with zero attached hydrogens (tertiary/aromatic N) is 4. The average Bonchev–Trinajstić information content (AvgIpc) is 2.89. The van der Waals surface area contributed by atoms with Gasteiger partial charge in [0.25, 0.3) is 0 Å². The van der Waals surface area contributed by atoms with E-state index >= 15 is 0 Å². The van der Waals surface area contributed by atoms with E-state index in [1.807, 2.05) is 0 Å². The van der Waals surface area contributed by atoms with Gasteiger partial charge in [-0.3, -0.25) is 0 Å². The van der Waals surface area contributed by atoms with Gasteiger partial charge >= 0.3 is 0 Å². The van der Waals surface area contributed by atoms with Crippen LogP contribution < -0.4 is 4.90 Å². The Kier molecular flexibility index (Phi) is 4.78. The Morgan fingerprint density at radius 1 is 1.20 bits per heavy atom. The zero-order valence-electron chi connectivity index (χ0n) is 13.7. The van der Waals surface area contributed by atoms with Crippen molar-refractivity contribution in [1.29, 1.82) is 0 Å². The summed E-state index contributed by atoms with van der Waals surface area (Å²) >= 11 is 0. The van der Waals surface area contributed by atoms with Crippen molar-refractivity contribution in [3.05, 3.63) is 5.82 Å². The molecule has 0 amide bonds. The predicted molar refractivity (Wildman–Crippen MR) is 79.6 cm³/mol. The third-order valence-electron chi connectivity index (χ3n) is 4.81. The monoisotopic (exact) mass is 280 g/mol. The molecule has 1 aliphatic rings. The lowest BCUT2D eigenvalue weighted by Crippen LogP contribution is -3.13. The number of aromatic nitrogens is 4. The summed E-state index contributed by atoms with van der Waals surface area (Å²) in [5.41, 5.74) is -0.0127. The van der Waals surface area contributed by atoms with Crippen molar-refractivity contribution < 1.29 is 4.90 Å². The smallest absolute Gasteiger partial charge is 0.210 e. The Balaban J connectivity index is 2.33. The van der Waals surface area contributed by atoms with Gasteiger partial charge in [-0.15, -0.1) is 5.10 Å². The number of rotatable bonds is 5. The fourth-order valence-electron chi connectivity index (χ4n) is 3.24. The Morgan fingerprint density at radius 2 is 1.85 bits per heavy atom. The van der Waals surface area contributed by atoms with Crippen molar-refractivity contribution in [3.8, 4) is 0 Å². The molecule has 5 heteroatoms. The normalized spacial score (nSPS) is 19.5. The second-order valence-corrected chi connectivity index (χ2v) is 7.06. The molecule has 0 saturated carbocycles. The molecule has 1 aromatic rings. The third kappa shape index (κ3) is 3.03.